The molecule has 1 aliphatic heterocycles. The van der Waals surface area contributed by atoms with Crippen LogP contribution in [0.5, 0.6) is 0 Å². The van der Waals surface area contributed by atoms with Gasteiger partial charge in [-0.05, 0) is 39.1 Å². The third kappa shape index (κ3) is 4.29. The van der Waals surface area contributed by atoms with Crippen LogP contribution in [0.4, 0.5) is 23.1 Å². The maximum atomic E-state index is 12.3. The number of rotatable bonds is 7. The zero-order valence-corrected chi connectivity index (χ0v) is 18.7. The first-order valence-corrected chi connectivity index (χ1v) is 10.9. The number of hydrogen-bond acceptors (Lipinski definition) is 9. The molecule has 33 heavy (non-hydrogen) atoms. The molecule has 1 aliphatic carbocycles. The SMILES string of the molecule is CNC(=O)c1nnc(NC(=O)C2CC2)cc1Nc1nc2ccc(N3CC(N(C)C)C3)cn2n1. The second-order valence-corrected chi connectivity index (χ2v) is 8.61. The lowest BCUT2D eigenvalue weighted by molar-refractivity contribution is -0.117. The summed E-state index contributed by atoms with van der Waals surface area (Å²) in [6, 6.07) is 6.04. The zero-order valence-electron chi connectivity index (χ0n) is 18.7. The highest BCUT2D eigenvalue weighted by atomic mass is 16.2. The Hall–Kier alpha value is -3.80. The van der Waals surface area contributed by atoms with Crippen molar-refractivity contribution >= 4 is 40.6 Å². The molecular formula is C21H26N10O2. The van der Waals surface area contributed by atoms with Crippen molar-refractivity contribution in [3.63, 3.8) is 0 Å². The second kappa shape index (κ2) is 8.28. The van der Waals surface area contributed by atoms with Gasteiger partial charge in [-0.25, -0.2) is 4.52 Å². The number of hydrogen-bond donors (Lipinski definition) is 3. The van der Waals surface area contributed by atoms with Crippen LogP contribution in [0.25, 0.3) is 5.65 Å². The maximum Gasteiger partial charge on any atom is 0.273 e. The van der Waals surface area contributed by atoms with Crippen LogP contribution in [0.3, 0.4) is 0 Å². The molecule has 3 aromatic heterocycles. The fourth-order valence-electron chi connectivity index (χ4n) is 3.63. The Bertz CT molecular complexity index is 1210. The van der Waals surface area contributed by atoms with E-state index in [1.807, 2.05) is 18.3 Å². The lowest BCUT2D eigenvalue weighted by Crippen LogP contribution is -2.57. The summed E-state index contributed by atoms with van der Waals surface area (Å²) in [5.41, 5.74) is 2.16. The molecular weight excluding hydrogens is 424 g/mol. The van der Waals surface area contributed by atoms with Crippen LogP contribution in [0.1, 0.15) is 23.3 Å². The first-order valence-electron chi connectivity index (χ1n) is 10.9. The quantitative estimate of drug-likeness (QED) is 0.476. The second-order valence-electron chi connectivity index (χ2n) is 8.61. The molecule has 0 unspecified atom stereocenters. The lowest BCUT2D eigenvalue weighted by atomic mass is 10.1. The van der Waals surface area contributed by atoms with Crippen molar-refractivity contribution in [1.82, 2.24) is 35.0 Å². The van der Waals surface area contributed by atoms with E-state index in [-0.39, 0.29) is 23.3 Å². The molecule has 2 fully saturated rings. The topological polar surface area (TPSA) is 133 Å². The monoisotopic (exact) mass is 450 g/mol. The van der Waals surface area contributed by atoms with Crippen LogP contribution in [-0.4, -0.2) is 81.8 Å². The average Bonchev–Trinajstić information content (AvgIpc) is 3.53. The van der Waals surface area contributed by atoms with Gasteiger partial charge < -0.3 is 25.8 Å². The summed E-state index contributed by atoms with van der Waals surface area (Å²) >= 11 is 0. The Morgan fingerprint density at radius 2 is 1.94 bits per heavy atom. The number of pyridine rings is 1. The Kier molecular flexibility index (Phi) is 5.29. The summed E-state index contributed by atoms with van der Waals surface area (Å²) < 4.78 is 1.70. The molecule has 0 aromatic carbocycles. The molecule has 12 heteroatoms. The van der Waals surface area contributed by atoms with Crippen molar-refractivity contribution in [2.24, 2.45) is 5.92 Å². The molecule has 12 nitrogen and oxygen atoms in total. The molecule has 0 spiro atoms. The summed E-state index contributed by atoms with van der Waals surface area (Å²) in [6.45, 7) is 1.93. The molecule has 1 saturated carbocycles. The number of carbonyl (C=O) groups excluding carboxylic acids is 2. The van der Waals surface area contributed by atoms with Gasteiger partial charge in [0, 0.05) is 38.2 Å². The van der Waals surface area contributed by atoms with E-state index in [2.05, 4.69) is 60.1 Å². The number of carbonyl (C=O) groups is 2. The van der Waals surface area contributed by atoms with E-state index in [0.29, 0.717) is 23.3 Å². The smallest absolute Gasteiger partial charge is 0.273 e. The van der Waals surface area contributed by atoms with Crippen LogP contribution < -0.4 is 20.9 Å². The largest absolute Gasteiger partial charge is 0.367 e. The number of nitrogens with zero attached hydrogens (tertiary/aromatic N) is 7. The molecule has 1 saturated heterocycles. The molecule has 0 radical (unpaired) electrons. The van der Waals surface area contributed by atoms with E-state index in [4.69, 9.17) is 0 Å². The highest BCUT2D eigenvalue weighted by Crippen LogP contribution is 2.30. The summed E-state index contributed by atoms with van der Waals surface area (Å²) in [6.07, 6.45) is 3.69. The fourth-order valence-corrected chi connectivity index (χ4v) is 3.63. The van der Waals surface area contributed by atoms with Gasteiger partial charge in [-0.15, -0.1) is 15.3 Å². The van der Waals surface area contributed by atoms with Gasteiger partial charge in [-0.2, -0.15) is 4.98 Å². The predicted octanol–water partition coefficient (Wildman–Crippen LogP) is 0.721. The number of amides is 2. The predicted molar refractivity (Wildman–Crippen MR) is 123 cm³/mol. The number of likely N-dealkylation sites (N-methyl/N-ethyl adjacent to an activating group) is 1. The van der Waals surface area contributed by atoms with Crippen LogP contribution in [0.2, 0.25) is 0 Å². The van der Waals surface area contributed by atoms with E-state index >= 15 is 0 Å². The first kappa shape index (κ1) is 21.1. The van der Waals surface area contributed by atoms with Crippen molar-refractivity contribution in [2.75, 3.05) is 49.8 Å². The molecule has 3 aromatic rings. The first-order chi connectivity index (χ1) is 15.9. The third-order valence-corrected chi connectivity index (χ3v) is 5.96. The molecule has 0 bridgehead atoms. The highest BCUT2D eigenvalue weighted by Gasteiger charge is 2.30. The van der Waals surface area contributed by atoms with Gasteiger partial charge >= 0.3 is 0 Å². The van der Waals surface area contributed by atoms with Gasteiger partial charge in [0.2, 0.25) is 11.9 Å². The van der Waals surface area contributed by atoms with Gasteiger partial charge in [-0.3, -0.25) is 9.59 Å². The van der Waals surface area contributed by atoms with Gasteiger partial charge in [0.05, 0.1) is 17.6 Å². The van der Waals surface area contributed by atoms with Crippen molar-refractivity contribution < 1.29 is 9.59 Å². The highest BCUT2D eigenvalue weighted by molar-refractivity contribution is 5.99. The summed E-state index contributed by atoms with van der Waals surface area (Å²) in [5.74, 6) is 0.0876. The Morgan fingerprint density at radius 3 is 2.64 bits per heavy atom. The van der Waals surface area contributed by atoms with Crippen molar-refractivity contribution in [1.29, 1.82) is 0 Å². The summed E-state index contributed by atoms with van der Waals surface area (Å²) in [5, 5.41) is 20.8. The minimum atomic E-state index is -0.413. The lowest BCUT2D eigenvalue weighted by Gasteiger charge is -2.44. The van der Waals surface area contributed by atoms with E-state index in [1.165, 1.54) is 7.05 Å². The Balaban J connectivity index is 1.38. The minimum absolute atomic E-state index is 0.0236. The molecule has 172 valence electrons. The summed E-state index contributed by atoms with van der Waals surface area (Å²) in [7, 11) is 5.69. The number of fused-ring (bicyclic) bond motifs is 1. The number of anilines is 4. The van der Waals surface area contributed by atoms with Crippen molar-refractivity contribution in [3.05, 3.63) is 30.1 Å². The normalized spacial score (nSPS) is 16.1. The zero-order chi connectivity index (χ0) is 23.1. The molecule has 2 amide bonds. The average molecular weight is 451 g/mol. The standard InChI is InChI=1S/C21H26N10O2/c1-22-20(33)18-15(8-16(26-27-18)24-19(32)12-4-5-12)23-21-25-17-7-6-13(11-31(17)28-21)30-9-14(10-30)29(2)3/h6-8,11-12,14H,4-5,9-10H2,1-3H3,(H,22,33)(H2,23,24,26,28,32). The fraction of sp³-hybridized carbons (Fsp3) is 0.429. The van der Waals surface area contributed by atoms with Crippen molar-refractivity contribution in [2.45, 2.75) is 18.9 Å². The van der Waals surface area contributed by atoms with E-state index in [1.54, 1.807) is 10.6 Å². The van der Waals surface area contributed by atoms with E-state index < -0.39 is 5.91 Å². The third-order valence-electron chi connectivity index (χ3n) is 5.96. The number of aromatic nitrogens is 5. The minimum Gasteiger partial charge on any atom is -0.367 e. The Morgan fingerprint density at radius 1 is 1.15 bits per heavy atom. The van der Waals surface area contributed by atoms with E-state index in [0.717, 1.165) is 31.6 Å². The van der Waals surface area contributed by atoms with Crippen molar-refractivity contribution in [3.8, 4) is 0 Å². The van der Waals surface area contributed by atoms with Crippen LogP contribution in [0, 0.1) is 5.92 Å². The molecule has 3 N–H and O–H groups in total. The van der Waals surface area contributed by atoms with E-state index in [9.17, 15) is 9.59 Å². The molecule has 4 heterocycles. The Labute approximate surface area is 190 Å². The van der Waals surface area contributed by atoms with Gasteiger partial charge in [0.25, 0.3) is 5.91 Å². The molecule has 2 aliphatic rings. The van der Waals surface area contributed by atoms with Crippen LogP contribution in [-0.2, 0) is 4.79 Å². The van der Waals surface area contributed by atoms with Crippen LogP contribution >= 0.6 is 0 Å². The van der Waals surface area contributed by atoms with Crippen LogP contribution in [0.15, 0.2) is 24.4 Å². The maximum absolute atomic E-state index is 12.3. The molecule has 0 atom stereocenters. The molecule has 5 rings (SSSR count). The summed E-state index contributed by atoms with van der Waals surface area (Å²) in [4.78, 5) is 33.4. The number of nitrogens with one attached hydrogen (secondary N) is 3. The van der Waals surface area contributed by atoms with Gasteiger partial charge in [0.15, 0.2) is 17.2 Å². The van der Waals surface area contributed by atoms with Gasteiger partial charge in [0.1, 0.15) is 0 Å². The van der Waals surface area contributed by atoms with Gasteiger partial charge in [-0.1, -0.05) is 0 Å².